The van der Waals surface area contributed by atoms with Gasteiger partial charge in [0.05, 0.1) is 17.3 Å². The van der Waals surface area contributed by atoms with Gasteiger partial charge in [-0.1, -0.05) is 0 Å². The lowest BCUT2D eigenvalue weighted by atomic mass is 10.0. The molecule has 0 fully saturated rings. The molecule has 74 valence electrons. The van der Waals surface area contributed by atoms with Gasteiger partial charge >= 0.3 is 5.97 Å². The van der Waals surface area contributed by atoms with E-state index in [1.54, 1.807) is 0 Å². The molecule has 0 radical (unpaired) electrons. The molecular formula is C9H10N2O3. The number of carboxylic acids is 1. The molecule has 0 spiro atoms. The topological polar surface area (TPSA) is 98.6 Å². The first-order valence-corrected chi connectivity index (χ1v) is 4.15. The molecule has 0 saturated carbocycles. The van der Waals surface area contributed by atoms with Gasteiger partial charge < -0.3 is 21.3 Å². The zero-order valence-electron chi connectivity index (χ0n) is 7.36. The Morgan fingerprint density at radius 1 is 1.57 bits per heavy atom. The average Bonchev–Trinajstić information content (AvgIpc) is 2.50. The molecule has 1 heterocycles. The van der Waals surface area contributed by atoms with Crippen molar-refractivity contribution in [1.29, 1.82) is 0 Å². The highest BCUT2D eigenvalue weighted by atomic mass is 16.5. The Labute approximate surface area is 80.3 Å². The van der Waals surface area contributed by atoms with Crippen LogP contribution in [-0.4, -0.2) is 17.7 Å². The van der Waals surface area contributed by atoms with Crippen LogP contribution in [0, 0.1) is 0 Å². The monoisotopic (exact) mass is 194 g/mol. The van der Waals surface area contributed by atoms with E-state index in [2.05, 4.69) is 0 Å². The Kier molecular flexibility index (Phi) is 1.82. The molecule has 0 aromatic heterocycles. The number of fused-ring (bicyclic) bond motifs is 1. The molecule has 0 saturated heterocycles. The second-order valence-electron chi connectivity index (χ2n) is 3.17. The first kappa shape index (κ1) is 8.83. The lowest BCUT2D eigenvalue weighted by molar-refractivity contribution is 0.0695. The van der Waals surface area contributed by atoms with Crippen LogP contribution >= 0.6 is 0 Å². The number of rotatable bonds is 1. The number of aromatic carboxylic acids is 1. The summed E-state index contributed by atoms with van der Waals surface area (Å²) in [7, 11) is 0. The fourth-order valence-corrected chi connectivity index (χ4v) is 1.59. The smallest absolute Gasteiger partial charge is 0.336 e. The van der Waals surface area contributed by atoms with Crippen molar-refractivity contribution in [2.45, 2.75) is 6.04 Å². The van der Waals surface area contributed by atoms with E-state index in [1.807, 2.05) is 0 Å². The normalized spacial score (nSPS) is 18.8. The number of nitrogens with two attached hydrogens (primary N) is 2. The summed E-state index contributed by atoms with van der Waals surface area (Å²) in [6.07, 6.45) is 0. The van der Waals surface area contributed by atoms with Crippen LogP contribution in [0.15, 0.2) is 12.1 Å². The van der Waals surface area contributed by atoms with E-state index in [1.165, 1.54) is 12.1 Å². The zero-order chi connectivity index (χ0) is 10.3. The van der Waals surface area contributed by atoms with Crippen molar-refractivity contribution in [3.8, 4) is 5.75 Å². The summed E-state index contributed by atoms with van der Waals surface area (Å²) in [6, 6.07) is 2.56. The molecule has 5 nitrogen and oxygen atoms in total. The fourth-order valence-electron chi connectivity index (χ4n) is 1.59. The quantitative estimate of drug-likeness (QED) is 0.560. The van der Waals surface area contributed by atoms with Gasteiger partial charge in [0.1, 0.15) is 12.4 Å². The maximum absolute atomic E-state index is 10.9. The highest BCUT2D eigenvalue weighted by Crippen LogP contribution is 2.38. The van der Waals surface area contributed by atoms with Gasteiger partial charge in [-0.15, -0.1) is 0 Å². The molecule has 0 amide bonds. The molecule has 1 aromatic rings. The van der Waals surface area contributed by atoms with Gasteiger partial charge in [0.15, 0.2) is 0 Å². The van der Waals surface area contributed by atoms with Crippen molar-refractivity contribution in [3.63, 3.8) is 0 Å². The summed E-state index contributed by atoms with van der Waals surface area (Å²) in [6.45, 7) is 0.282. The average molecular weight is 194 g/mol. The molecule has 0 bridgehead atoms. The minimum Gasteiger partial charge on any atom is -0.489 e. The summed E-state index contributed by atoms with van der Waals surface area (Å²) in [5.41, 5.74) is 12.4. The highest BCUT2D eigenvalue weighted by Gasteiger charge is 2.28. The molecule has 1 aliphatic heterocycles. The van der Waals surface area contributed by atoms with E-state index in [4.69, 9.17) is 21.3 Å². The van der Waals surface area contributed by atoms with Gasteiger partial charge in [0.2, 0.25) is 0 Å². The summed E-state index contributed by atoms with van der Waals surface area (Å²) in [5.74, 6) is -0.598. The number of ether oxygens (including phenoxy) is 1. The van der Waals surface area contributed by atoms with Gasteiger partial charge in [0.25, 0.3) is 0 Å². The van der Waals surface area contributed by atoms with Crippen LogP contribution in [0.25, 0.3) is 0 Å². The summed E-state index contributed by atoms with van der Waals surface area (Å²) in [5, 5.41) is 8.91. The maximum Gasteiger partial charge on any atom is 0.336 e. The Balaban J connectivity index is 2.66. The lowest BCUT2D eigenvalue weighted by Crippen LogP contribution is -2.14. The molecule has 1 atom stereocenters. The molecular weight excluding hydrogens is 184 g/mol. The van der Waals surface area contributed by atoms with Gasteiger partial charge in [-0.3, -0.25) is 0 Å². The maximum atomic E-state index is 10.9. The van der Waals surface area contributed by atoms with Crippen molar-refractivity contribution in [1.82, 2.24) is 0 Å². The van der Waals surface area contributed by atoms with Crippen molar-refractivity contribution < 1.29 is 14.6 Å². The summed E-state index contributed by atoms with van der Waals surface area (Å²) >= 11 is 0. The Hall–Kier alpha value is -1.75. The van der Waals surface area contributed by atoms with Crippen LogP contribution in [0.1, 0.15) is 22.0 Å². The van der Waals surface area contributed by atoms with Crippen LogP contribution < -0.4 is 16.2 Å². The predicted molar refractivity (Wildman–Crippen MR) is 50.2 cm³/mol. The Bertz CT molecular complexity index is 403. The van der Waals surface area contributed by atoms with Crippen molar-refractivity contribution in [2.75, 3.05) is 12.3 Å². The number of carboxylic acid groups (broad SMARTS) is 1. The first-order chi connectivity index (χ1) is 6.61. The molecule has 0 unspecified atom stereocenters. The second-order valence-corrected chi connectivity index (χ2v) is 3.17. The molecule has 5 heteroatoms. The number of anilines is 1. The third-order valence-corrected chi connectivity index (χ3v) is 2.23. The van der Waals surface area contributed by atoms with Crippen LogP contribution in [-0.2, 0) is 0 Å². The molecule has 1 aromatic carbocycles. The van der Waals surface area contributed by atoms with E-state index in [-0.39, 0.29) is 12.2 Å². The highest BCUT2D eigenvalue weighted by molar-refractivity contribution is 5.92. The van der Waals surface area contributed by atoms with Crippen LogP contribution in [0.5, 0.6) is 5.75 Å². The minimum atomic E-state index is -1.01. The number of nitrogen functional groups attached to an aromatic ring is 1. The van der Waals surface area contributed by atoms with Crippen LogP contribution in [0.2, 0.25) is 0 Å². The van der Waals surface area contributed by atoms with E-state index < -0.39 is 12.0 Å². The SMILES string of the molecule is Nc1ccc(C(=O)O)c2c1OC[C@H]2N. The standard InChI is InChI=1S/C9H10N2O3/c10-5-2-1-4(9(12)13)7-6(11)3-14-8(5)7/h1-2,6H,3,10-11H2,(H,12,13)/t6-/m1/s1. The number of hydrogen-bond acceptors (Lipinski definition) is 4. The van der Waals surface area contributed by atoms with Crippen molar-refractivity contribution >= 4 is 11.7 Å². The van der Waals surface area contributed by atoms with Gasteiger partial charge in [-0.25, -0.2) is 4.79 Å². The first-order valence-electron chi connectivity index (χ1n) is 4.15. The van der Waals surface area contributed by atoms with E-state index in [9.17, 15) is 4.79 Å². The van der Waals surface area contributed by atoms with Gasteiger partial charge in [0, 0.05) is 5.56 Å². The molecule has 1 aliphatic rings. The number of carbonyl (C=O) groups is 1. The minimum absolute atomic E-state index is 0.166. The Morgan fingerprint density at radius 3 is 2.93 bits per heavy atom. The lowest BCUT2D eigenvalue weighted by Gasteiger charge is -2.07. The van der Waals surface area contributed by atoms with Crippen molar-refractivity contribution in [2.24, 2.45) is 5.73 Å². The van der Waals surface area contributed by atoms with Crippen LogP contribution in [0.4, 0.5) is 5.69 Å². The van der Waals surface area contributed by atoms with Gasteiger partial charge in [-0.05, 0) is 12.1 Å². The third-order valence-electron chi connectivity index (χ3n) is 2.23. The summed E-state index contributed by atoms with van der Waals surface area (Å²) < 4.78 is 5.22. The Morgan fingerprint density at radius 2 is 2.29 bits per heavy atom. The molecule has 5 N–H and O–H groups in total. The molecule has 14 heavy (non-hydrogen) atoms. The fraction of sp³-hybridized carbons (Fsp3) is 0.222. The van der Waals surface area contributed by atoms with E-state index >= 15 is 0 Å². The molecule has 2 rings (SSSR count). The van der Waals surface area contributed by atoms with Crippen LogP contribution in [0.3, 0.4) is 0 Å². The number of benzene rings is 1. The predicted octanol–water partition coefficient (Wildman–Crippen LogP) is 0.359. The summed E-state index contributed by atoms with van der Waals surface area (Å²) in [4.78, 5) is 10.9. The largest absolute Gasteiger partial charge is 0.489 e. The zero-order valence-corrected chi connectivity index (χ0v) is 7.36. The van der Waals surface area contributed by atoms with Gasteiger partial charge in [-0.2, -0.15) is 0 Å². The number of hydrogen-bond donors (Lipinski definition) is 3. The van der Waals surface area contributed by atoms with Crippen molar-refractivity contribution in [3.05, 3.63) is 23.3 Å². The second kappa shape index (κ2) is 2.88. The van der Waals surface area contributed by atoms with E-state index in [0.717, 1.165) is 0 Å². The third kappa shape index (κ3) is 1.10. The molecule has 0 aliphatic carbocycles. The van der Waals surface area contributed by atoms with E-state index in [0.29, 0.717) is 17.0 Å².